The van der Waals surface area contributed by atoms with Crippen molar-refractivity contribution in [1.82, 2.24) is 4.90 Å². The molecular formula is C27H42ClNO2. The Labute approximate surface area is 196 Å². The summed E-state index contributed by atoms with van der Waals surface area (Å²) in [7, 11) is 4.19. The molecule has 0 N–H and O–H groups in total. The van der Waals surface area contributed by atoms with E-state index in [-0.39, 0.29) is 12.4 Å². The topological polar surface area (TPSA) is 21.7 Å². The van der Waals surface area contributed by atoms with Gasteiger partial charge in [0.2, 0.25) is 0 Å². The maximum absolute atomic E-state index is 6.14. The Hall–Kier alpha value is -1.55. The largest absolute Gasteiger partial charge is 0.491 e. The first kappa shape index (κ1) is 27.5. The normalized spacial score (nSPS) is 11.3. The average molecular weight is 448 g/mol. The van der Waals surface area contributed by atoms with Crippen LogP contribution in [0.25, 0.3) is 0 Å². The van der Waals surface area contributed by atoms with Crippen LogP contribution < -0.4 is 4.74 Å². The Morgan fingerprint density at radius 3 is 2.03 bits per heavy atom. The summed E-state index contributed by atoms with van der Waals surface area (Å²) in [6.45, 7) is 12.0. The zero-order valence-corrected chi connectivity index (χ0v) is 21.1. The van der Waals surface area contributed by atoms with Crippen molar-refractivity contribution in [3.05, 3.63) is 64.7 Å². The molecule has 0 aliphatic heterocycles. The molecule has 0 unspecified atom stereocenters. The summed E-state index contributed by atoms with van der Waals surface area (Å²) in [5.41, 5.74) is 5.46. The van der Waals surface area contributed by atoms with Crippen LogP contribution in [0.5, 0.6) is 5.75 Å². The third-order valence-corrected chi connectivity index (χ3v) is 5.01. The van der Waals surface area contributed by atoms with E-state index in [0.29, 0.717) is 25.0 Å². The molecule has 4 heteroatoms. The van der Waals surface area contributed by atoms with E-state index in [1.54, 1.807) is 0 Å². The Morgan fingerprint density at radius 2 is 1.42 bits per heavy atom. The molecule has 0 spiro atoms. The van der Waals surface area contributed by atoms with E-state index in [0.717, 1.165) is 38.2 Å². The zero-order valence-electron chi connectivity index (χ0n) is 20.3. The van der Waals surface area contributed by atoms with Crippen LogP contribution in [0, 0.1) is 11.8 Å². The highest BCUT2D eigenvalue weighted by atomic mass is 35.5. The van der Waals surface area contributed by atoms with Gasteiger partial charge in [0.25, 0.3) is 0 Å². The SMILES string of the molecule is CC(C)Cc1cccc(OCCOCCc2ccc(CN(C)C)cc2)c1CC(C)C.Cl. The molecule has 0 amide bonds. The minimum absolute atomic E-state index is 0. The summed E-state index contributed by atoms with van der Waals surface area (Å²) >= 11 is 0. The van der Waals surface area contributed by atoms with Crippen LogP contribution in [0.1, 0.15) is 49.9 Å². The first-order valence-corrected chi connectivity index (χ1v) is 11.4. The summed E-state index contributed by atoms with van der Waals surface area (Å²) in [4.78, 5) is 2.18. The highest BCUT2D eigenvalue weighted by Gasteiger charge is 2.12. The molecule has 0 bridgehead atoms. The van der Waals surface area contributed by atoms with E-state index >= 15 is 0 Å². The van der Waals surface area contributed by atoms with Crippen molar-refractivity contribution in [3.63, 3.8) is 0 Å². The van der Waals surface area contributed by atoms with Gasteiger partial charge in [0, 0.05) is 6.54 Å². The van der Waals surface area contributed by atoms with Crippen molar-refractivity contribution in [2.75, 3.05) is 33.9 Å². The van der Waals surface area contributed by atoms with Gasteiger partial charge in [-0.25, -0.2) is 0 Å². The number of halogens is 1. The Balaban J connectivity index is 0.00000480. The number of rotatable bonds is 13. The number of hydrogen-bond donors (Lipinski definition) is 0. The second-order valence-corrected chi connectivity index (χ2v) is 9.35. The van der Waals surface area contributed by atoms with Crippen molar-refractivity contribution in [2.24, 2.45) is 11.8 Å². The number of ether oxygens (including phenoxy) is 2. The fourth-order valence-corrected chi connectivity index (χ4v) is 3.70. The first-order valence-electron chi connectivity index (χ1n) is 11.4. The highest BCUT2D eigenvalue weighted by molar-refractivity contribution is 5.85. The second-order valence-electron chi connectivity index (χ2n) is 9.35. The molecule has 0 aromatic heterocycles. The van der Waals surface area contributed by atoms with E-state index < -0.39 is 0 Å². The third kappa shape index (κ3) is 10.5. The van der Waals surface area contributed by atoms with Crippen LogP contribution in [-0.2, 0) is 30.5 Å². The molecule has 0 atom stereocenters. The molecule has 2 aromatic rings. The molecule has 2 rings (SSSR count). The van der Waals surface area contributed by atoms with E-state index in [2.05, 4.69) is 89.2 Å². The van der Waals surface area contributed by atoms with Gasteiger partial charge >= 0.3 is 0 Å². The summed E-state index contributed by atoms with van der Waals surface area (Å²) in [5, 5.41) is 0. The molecule has 3 nitrogen and oxygen atoms in total. The van der Waals surface area contributed by atoms with Crippen molar-refractivity contribution < 1.29 is 9.47 Å². The molecule has 2 aromatic carbocycles. The standard InChI is InChI=1S/C27H41NO2.ClH/c1-21(2)18-25-8-7-9-27(26(25)19-22(3)4)30-17-16-29-15-14-23-10-12-24(13-11-23)20-28(5)6;/h7-13,21-22H,14-20H2,1-6H3;1H. The maximum atomic E-state index is 6.14. The first-order chi connectivity index (χ1) is 14.3. The van der Waals surface area contributed by atoms with Crippen LogP contribution in [0.2, 0.25) is 0 Å². The lowest BCUT2D eigenvalue weighted by molar-refractivity contribution is 0.102. The van der Waals surface area contributed by atoms with Gasteiger partial charge in [0.1, 0.15) is 12.4 Å². The molecule has 174 valence electrons. The van der Waals surface area contributed by atoms with Crippen molar-refractivity contribution in [1.29, 1.82) is 0 Å². The lowest BCUT2D eigenvalue weighted by Gasteiger charge is -2.18. The molecule has 0 saturated carbocycles. The minimum atomic E-state index is 0. The van der Waals surface area contributed by atoms with E-state index in [1.807, 2.05) is 0 Å². The predicted molar refractivity (Wildman–Crippen MR) is 135 cm³/mol. The van der Waals surface area contributed by atoms with Gasteiger partial charge in [-0.15, -0.1) is 12.4 Å². The van der Waals surface area contributed by atoms with Crippen LogP contribution in [0.4, 0.5) is 0 Å². The monoisotopic (exact) mass is 447 g/mol. The molecule has 0 heterocycles. The molecule has 0 fully saturated rings. The number of nitrogens with zero attached hydrogens (tertiary/aromatic N) is 1. The Bertz CT molecular complexity index is 741. The summed E-state index contributed by atoms with van der Waals surface area (Å²) in [6, 6.07) is 15.3. The van der Waals surface area contributed by atoms with Gasteiger partial charge < -0.3 is 14.4 Å². The van der Waals surface area contributed by atoms with E-state index in [9.17, 15) is 0 Å². The summed E-state index contributed by atoms with van der Waals surface area (Å²) < 4.78 is 12.0. The summed E-state index contributed by atoms with van der Waals surface area (Å²) in [5.74, 6) is 2.29. The summed E-state index contributed by atoms with van der Waals surface area (Å²) in [6.07, 6.45) is 3.09. The molecular weight excluding hydrogens is 406 g/mol. The van der Waals surface area contributed by atoms with Crippen molar-refractivity contribution in [3.8, 4) is 5.75 Å². The number of hydrogen-bond acceptors (Lipinski definition) is 3. The quantitative estimate of drug-likeness (QED) is 0.341. The van der Waals surface area contributed by atoms with Gasteiger partial charge in [-0.3, -0.25) is 0 Å². The molecule has 0 aliphatic carbocycles. The molecule has 0 aliphatic rings. The van der Waals surface area contributed by atoms with Crippen LogP contribution >= 0.6 is 12.4 Å². The zero-order chi connectivity index (χ0) is 21.9. The fourth-order valence-electron chi connectivity index (χ4n) is 3.70. The van der Waals surface area contributed by atoms with Crippen molar-refractivity contribution >= 4 is 12.4 Å². The van der Waals surface area contributed by atoms with Crippen molar-refractivity contribution in [2.45, 2.75) is 53.5 Å². The number of benzene rings is 2. The van der Waals surface area contributed by atoms with Gasteiger partial charge in [-0.1, -0.05) is 64.1 Å². The van der Waals surface area contributed by atoms with Gasteiger partial charge in [-0.05, 0) is 73.5 Å². The minimum Gasteiger partial charge on any atom is -0.491 e. The van der Waals surface area contributed by atoms with Gasteiger partial charge in [-0.2, -0.15) is 0 Å². The molecule has 0 radical (unpaired) electrons. The fraction of sp³-hybridized carbons (Fsp3) is 0.556. The third-order valence-electron chi connectivity index (χ3n) is 5.01. The van der Waals surface area contributed by atoms with E-state index in [4.69, 9.17) is 9.47 Å². The van der Waals surface area contributed by atoms with Crippen LogP contribution in [0.15, 0.2) is 42.5 Å². The maximum Gasteiger partial charge on any atom is 0.122 e. The smallest absolute Gasteiger partial charge is 0.122 e. The highest BCUT2D eigenvalue weighted by Crippen LogP contribution is 2.27. The predicted octanol–water partition coefficient (Wildman–Crippen LogP) is 6.21. The lowest BCUT2D eigenvalue weighted by atomic mass is 9.92. The van der Waals surface area contributed by atoms with Crippen LogP contribution in [-0.4, -0.2) is 38.8 Å². The molecule has 31 heavy (non-hydrogen) atoms. The second kappa shape index (κ2) is 14.5. The Kier molecular flexibility index (Phi) is 12.9. The Morgan fingerprint density at radius 1 is 0.774 bits per heavy atom. The van der Waals surface area contributed by atoms with Crippen LogP contribution in [0.3, 0.4) is 0 Å². The lowest BCUT2D eigenvalue weighted by Crippen LogP contribution is -2.12. The average Bonchev–Trinajstić information content (AvgIpc) is 2.67. The van der Waals surface area contributed by atoms with E-state index in [1.165, 1.54) is 22.3 Å². The van der Waals surface area contributed by atoms with Gasteiger partial charge in [0.05, 0.1) is 13.2 Å². The van der Waals surface area contributed by atoms with Gasteiger partial charge in [0.15, 0.2) is 0 Å². The molecule has 0 saturated heterocycles.